The standard InChI is InChI=1S/C18H18N2OS/c1-2-22-18-19-12-13-20(18)17(21)16-10-8-15(9-11-16)14-6-4-3-5-7-14/h3-11H,2,12-13H2,1H3. The van der Waals surface area contributed by atoms with Gasteiger partial charge in [0.15, 0.2) is 5.17 Å². The van der Waals surface area contributed by atoms with Crippen LogP contribution in [0.1, 0.15) is 17.3 Å². The van der Waals surface area contributed by atoms with Crippen LogP contribution >= 0.6 is 11.8 Å². The smallest absolute Gasteiger partial charge is 0.259 e. The van der Waals surface area contributed by atoms with Gasteiger partial charge in [0, 0.05) is 12.1 Å². The Hall–Kier alpha value is -2.07. The molecule has 0 unspecified atom stereocenters. The lowest BCUT2D eigenvalue weighted by Crippen LogP contribution is -2.32. The van der Waals surface area contributed by atoms with E-state index in [2.05, 4.69) is 24.0 Å². The minimum atomic E-state index is 0.0387. The summed E-state index contributed by atoms with van der Waals surface area (Å²) < 4.78 is 0. The number of amidine groups is 1. The first-order valence-corrected chi connectivity index (χ1v) is 8.42. The molecule has 0 N–H and O–H groups in total. The fraction of sp³-hybridized carbons (Fsp3) is 0.222. The van der Waals surface area contributed by atoms with Gasteiger partial charge < -0.3 is 0 Å². The lowest BCUT2D eigenvalue weighted by Gasteiger charge is -2.17. The third-order valence-corrected chi connectivity index (χ3v) is 4.46. The second-order valence-corrected chi connectivity index (χ2v) is 6.23. The van der Waals surface area contributed by atoms with E-state index in [0.717, 1.165) is 22.0 Å². The van der Waals surface area contributed by atoms with Crippen molar-refractivity contribution >= 4 is 22.8 Å². The maximum atomic E-state index is 12.6. The average molecular weight is 310 g/mol. The van der Waals surface area contributed by atoms with Gasteiger partial charge in [-0.05, 0) is 29.0 Å². The first-order valence-electron chi connectivity index (χ1n) is 7.44. The molecule has 4 heteroatoms. The van der Waals surface area contributed by atoms with Crippen molar-refractivity contribution in [2.24, 2.45) is 4.99 Å². The summed E-state index contributed by atoms with van der Waals surface area (Å²) in [5.41, 5.74) is 2.99. The van der Waals surface area contributed by atoms with Crippen molar-refractivity contribution in [3.05, 3.63) is 60.2 Å². The number of aliphatic imine (C=N–C) groups is 1. The van der Waals surface area contributed by atoms with E-state index in [1.165, 1.54) is 0 Å². The van der Waals surface area contributed by atoms with Crippen molar-refractivity contribution in [1.29, 1.82) is 0 Å². The molecule has 22 heavy (non-hydrogen) atoms. The Morgan fingerprint density at radius 2 is 1.77 bits per heavy atom. The van der Waals surface area contributed by atoms with E-state index in [0.29, 0.717) is 18.7 Å². The minimum Gasteiger partial charge on any atom is -0.286 e. The van der Waals surface area contributed by atoms with Crippen molar-refractivity contribution in [1.82, 2.24) is 4.90 Å². The van der Waals surface area contributed by atoms with Crippen molar-refractivity contribution in [2.75, 3.05) is 18.8 Å². The molecule has 0 spiro atoms. The normalized spacial score (nSPS) is 14.0. The highest BCUT2D eigenvalue weighted by atomic mass is 32.2. The highest BCUT2D eigenvalue weighted by molar-refractivity contribution is 8.13. The molecule has 1 aliphatic rings. The quantitative estimate of drug-likeness (QED) is 0.861. The van der Waals surface area contributed by atoms with Crippen LogP contribution in [-0.4, -0.2) is 34.8 Å². The van der Waals surface area contributed by atoms with Gasteiger partial charge in [-0.15, -0.1) is 0 Å². The number of hydrogen-bond donors (Lipinski definition) is 0. The Morgan fingerprint density at radius 1 is 1.09 bits per heavy atom. The van der Waals surface area contributed by atoms with Crippen molar-refractivity contribution in [3.63, 3.8) is 0 Å². The summed E-state index contributed by atoms with van der Waals surface area (Å²) in [4.78, 5) is 18.8. The van der Waals surface area contributed by atoms with E-state index in [-0.39, 0.29) is 5.91 Å². The maximum absolute atomic E-state index is 12.6. The van der Waals surface area contributed by atoms with Crippen molar-refractivity contribution in [2.45, 2.75) is 6.92 Å². The van der Waals surface area contributed by atoms with Crippen LogP contribution in [0, 0.1) is 0 Å². The molecule has 1 aliphatic heterocycles. The van der Waals surface area contributed by atoms with Crippen LogP contribution in [0.3, 0.4) is 0 Å². The second kappa shape index (κ2) is 6.79. The topological polar surface area (TPSA) is 32.7 Å². The van der Waals surface area contributed by atoms with E-state index in [1.807, 2.05) is 42.5 Å². The number of benzene rings is 2. The lowest BCUT2D eigenvalue weighted by molar-refractivity contribution is 0.0860. The third-order valence-electron chi connectivity index (χ3n) is 3.56. The minimum absolute atomic E-state index is 0.0387. The molecule has 0 aliphatic carbocycles. The average Bonchev–Trinajstić information content (AvgIpc) is 3.04. The zero-order chi connectivity index (χ0) is 15.4. The zero-order valence-corrected chi connectivity index (χ0v) is 13.3. The SMILES string of the molecule is CCSC1=NCCN1C(=O)c1ccc(-c2ccccc2)cc1. The fourth-order valence-electron chi connectivity index (χ4n) is 2.46. The van der Waals surface area contributed by atoms with Gasteiger partial charge in [0.1, 0.15) is 0 Å². The fourth-order valence-corrected chi connectivity index (χ4v) is 3.23. The Balaban J connectivity index is 1.78. The Morgan fingerprint density at radius 3 is 2.45 bits per heavy atom. The number of carbonyl (C=O) groups excluding carboxylic acids is 1. The molecular formula is C18H18N2OS. The molecule has 3 rings (SSSR count). The molecule has 0 atom stereocenters. The first kappa shape index (κ1) is 14.9. The van der Waals surface area contributed by atoms with Gasteiger partial charge in [0.2, 0.25) is 0 Å². The molecule has 1 amide bonds. The number of rotatable bonds is 3. The molecule has 112 valence electrons. The maximum Gasteiger partial charge on any atom is 0.259 e. The summed E-state index contributed by atoms with van der Waals surface area (Å²) in [5, 5.41) is 0.847. The summed E-state index contributed by atoms with van der Waals surface area (Å²) in [5.74, 6) is 0.965. The van der Waals surface area contributed by atoms with Gasteiger partial charge in [0.25, 0.3) is 5.91 Å². The first-order chi connectivity index (χ1) is 10.8. The van der Waals surface area contributed by atoms with Crippen LogP contribution in [0.15, 0.2) is 59.6 Å². The van der Waals surface area contributed by atoms with E-state index in [4.69, 9.17) is 0 Å². The highest BCUT2D eigenvalue weighted by Crippen LogP contribution is 2.21. The van der Waals surface area contributed by atoms with Crippen LogP contribution in [-0.2, 0) is 0 Å². The molecule has 2 aromatic carbocycles. The zero-order valence-electron chi connectivity index (χ0n) is 12.5. The molecular weight excluding hydrogens is 292 g/mol. The predicted octanol–water partition coefficient (Wildman–Crippen LogP) is 3.92. The molecule has 0 fully saturated rings. The van der Waals surface area contributed by atoms with Crippen LogP contribution in [0.5, 0.6) is 0 Å². The molecule has 0 radical (unpaired) electrons. The Bertz CT molecular complexity index is 680. The van der Waals surface area contributed by atoms with E-state index in [1.54, 1.807) is 16.7 Å². The van der Waals surface area contributed by atoms with Gasteiger partial charge in [-0.2, -0.15) is 0 Å². The number of carbonyl (C=O) groups is 1. The molecule has 0 saturated heterocycles. The largest absolute Gasteiger partial charge is 0.286 e. The molecule has 0 bridgehead atoms. The van der Waals surface area contributed by atoms with Crippen LogP contribution in [0.4, 0.5) is 0 Å². The summed E-state index contributed by atoms with van der Waals surface area (Å²) in [6.45, 7) is 3.46. The number of nitrogens with zero attached hydrogens (tertiary/aromatic N) is 2. The van der Waals surface area contributed by atoms with Gasteiger partial charge in [-0.1, -0.05) is 61.2 Å². The number of thioether (sulfide) groups is 1. The third kappa shape index (κ3) is 3.07. The van der Waals surface area contributed by atoms with E-state index < -0.39 is 0 Å². The van der Waals surface area contributed by atoms with Gasteiger partial charge in [0.05, 0.1) is 6.54 Å². The molecule has 0 saturated carbocycles. The monoisotopic (exact) mass is 310 g/mol. The second-order valence-electron chi connectivity index (χ2n) is 5.00. The van der Waals surface area contributed by atoms with E-state index >= 15 is 0 Å². The summed E-state index contributed by atoms with van der Waals surface area (Å²) in [7, 11) is 0. The van der Waals surface area contributed by atoms with Gasteiger partial charge >= 0.3 is 0 Å². The molecule has 3 nitrogen and oxygen atoms in total. The Kier molecular flexibility index (Phi) is 4.59. The number of hydrogen-bond acceptors (Lipinski definition) is 3. The van der Waals surface area contributed by atoms with Gasteiger partial charge in [-0.3, -0.25) is 14.7 Å². The summed E-state index contributed by atoms with van der Waals surface area (Å²) >= 11 is 1.63. The molecule has 1 heterocycles. The molecule has 2 aromatic rings. The predicted molar refractivity (Wildman–Crippen MR) is 93.3 cm³/mol. The van der Waals surface area contributed by atoms with Crippen molar-refractivity contribution < 1.29 is 4.79 Å². The van der Waals surface area contributed by atoms with Crippen LogP contribution < -0.4 is 0 Å². The van der Waals surface area contributed by atoms with Crippen LogP contribution in [0.25, 0.3) is 11.1 Å². The van der Waals surface area contributed by atoms with Crippen molar-refractivity contribution in [3.8, 4) is 11.1 Å². The highest BCUT2D eigenvalue weighted by Gasteiger charge is 2.24. The van der Waals surface area contributed by atoms with E-state index in [9.17, 15) is 4.79 Å². The number of amides is 1. The summed E-state index contributed by atoms with van der Waals surface area (Å²) in [6, 6.07) is 18.0. The lowest BCUT2D eigenvalue weighted by atomic mass is 10.0. The molecule has 0 aromatic heterocycles. The van der Waals surface area contributed by atoms with Crippen LogP contribution in [0.2, 0.25) is 0 Å². The summed E-state index contributed by atoms with van der Waals surface area (Å²) in [6.07, 6.45) is 0. The Labute approximate surface area is 135 Å². The van der Waals surface area contributed by atoms with Gasteiger partial charge in [-0.25, -0.2) is 0 Å².